The molecule has 0 bridgehead atoms. The summed E-state index contributed by atoms with van der Waals surface area (Å²) < 4.78 is 0. The SMILES string of the molecule is CC.O=[N+]([O-])c1ccc(-c2csc(C3CC3)n2)cc1. The van der Waals surface area contributed by atoms with E-state index < -0.39 is 0 Å². The van der Waals surface area contributed by atoms with Gasteiger partial charge in [-0.15, -0.1) is 11.3 Å². The molecule has 0 N–H and O–H groups in total. The number of aromatic nitrogens is 1. The summed E-state index contributed by atoms with van der Waals surface area (Å²) in [7, 11) is 0. The molecule has 1 aliphatic carbocycles. The van der Waals surface area contributed by atoms with Crippen molar-refractivity contribution in [3.8, 4) is 11.3 Å². The molecular formula is C14H16N2O2S. The molecule has 0 atom stereocenters. The van der Waals surface area contributed by atoms with Crippen LogP contribution in [0.15, 0.2) is 29.6 Å². The number of thiazole rings is 1. The van der Waals surface area contributed by atoms with E-state index >= 15 is 0 Å². The van der Waals surface area contributed by atoms with Crippen LogP contribution in [0, 0.1) is 10.1 Å². The Morgan fingerprint density at radius 3 is 2.42 bits per heavy atom. The summed E-state index contributed by atoms with van der Waals surface area (Å²) in [6.45, 7) is 4.00. The molecule has 1 heterocycles. The van der Waals surface area contributed by atoms with Crippen LogP contribution in [0.2, 0.25) is 0 Å². The molecule has 1 aromatic carbocycles. The number of nitro groups is 1. The van der Waals surface area contributed by atoms with Crippen LogP contribution >= 0.6 is 11.3 Å². The van der Waals surface area contributed by atoms with E-state index in [2.05, 4.69) is 4.98 Å². The van der Waals surface area contributed by atoms with Gasteiger partial charge < -0.3 is 0 Å². The van der Waals surface area contributed by atoms with E-state index in [0.29, 0.717) is 5.92 Å². The fraction of sp³-hybridized carbons (Fsp3) is 0.357. The third-order valence-electron chi connectivity index (χ3n) is 2.82. The van der Waals surface area contributed by atoms with Crippen molar-refractivity contribution in [2.24, 2.45) is 0 Å². The summed E-state index contributed by atoms with van der Waals surface area (Å²) in [4.78, 5) is 14.7. The molecular weight excluding hydrogens is 260 g/mol. The van der Waals surface area contributed by atoms with Crippen LogP contribution in [0.4, 0.5) is 5.69 Å². The number of benzene rings is 1. The summed E-state index contributed by atoms with van der Waals surface area (Å²) in [6, 6.07) is 6.55. The van der Waals surface area contributed by atoms with E-state index in [1.54, 1.807) is 23.5 Å². The van der Waals surface area contributed by atoms with Crippen molar-refractivity contribution < 1.29 is 4.92 Å². The molecule has 0 aliphatic heterocycles. The molecule has 5 heteroatoms. The van der Waals surface area contributed by atoms with Crippen LogP contribution in [0.25, 0.3) is 11.3 Å². The fourth-order valence-electron chi connectivity index (χ4n) is 1.69. The number of nitrogens with zero attached hydrogens (tertiary/aromatic N) is 2. The van der Waals surface area contributed by atoms with E-state index in [1.807, 2.05) is 19.2 Å². The van der Waals surface area contributed by atoms with Gasteiger partial charge in [0.25, 0.3) is 5.69 Å². The van der Waals surface area contributed by atoms with Gasteiger partial charge >= 0.3 is 0 Å². The Kier molecular flexibility index (Phi) is 4.27. The molecule has 1 aromatic heterocycles. The molecule has 0 amide bonds. The highest BCUT2D eigenvalue weighted by Gasteiger charge is 2.26. The minimum absolute atomic E-state index is 0.117. The minimum atomic E-state index is -0.388. The van der Waals surface area contributed by atoms with E-state index in [4.69, 9.17) is 0 Å². The number of nitro benzene ring substituents is 1. The maximum atomic E-state index is 10.5. The first-order valence-electron chi connectivity index (χ1n) is 6.44. The Hall–Kier alpha value is -1.75. The highest BCUT2D eigenvalue weighted by atomic mass is 32.1. The second-order valence-electron chi connectivity index (χ2n) is 4.15. The number of non-ortho nitro benzene ring substituents is 1. The summed E-state index contributed by atoms with van der Waals surface area (Å²) in [5.74, 6) is 0.659. The fourth-order valence-corrected chi connectivity index (χ4v) is 2.69. The maximum absolute atomic E-state index is 10.5. The first kappa shape index (κ1) is 13.7. The van der Waals surface area contributed by atoms with Gasteiger partial charge in [-0.05, 0) is 25.0 Å². The van der Waals surface area contributed by atoms with Gasteiger partial charge in [0, 0.05) is 29.0 Å². The molecule has 19 heavy (non-hydrogen) atoms. The first-order chi connectivity index (χ1) is 9.24. The maximum Gasteiger partial charge on any atom is 0.269 e. The smallest absolute Gasteiger partial charge is 0.258 e. The van der Waals surface area contributed by atoms with Gasteiger partial charge in [-0.3, -0.25) is 10.1 Å². The van der Waals surface area contributed by atoms with Crippen molar-refractivity contribution in [3.63, 3.8) is 0 Å². The number of hydrogen-bond donors (Lipinski definition) is 0. The van der Waals surface area contributed by atoms with Crippen molar-refractivity contribution in [1.82, 2.24) is 4.98 Å². The monoisotopic (exact) mass is 276 g/mol. The van der Waals surface area contributed by atoms with Crippen molar-refractivity contribution in [3.05, 3.63) is 44.8 Å². The molecule has 0 radical (unpaired) electrons. The Morgan fingerprint density at radius 2 is 1.89 bits per heavy atom. The van der Waals surface area contributed by atoms with Crippen molar-refractivity contribution in [2.45, 2.75) is 32.6 Å². The molecule has 2 aromatic rings. The van der Waals surface area contributed by atoms with E-state index in [9.17, 15) is 10.1 Å². The standard InChI is InChI=1S/C12H10N2O2S.C2H6/c15-14(16)10-5-3-8(4-6-10)11-7-17-12(13-11)9-1-2-9;1-2/h3-7,9H,1-2H2;1-2H3. The van der Waals surface area contributed by atoms with Gasteiger partial charge in [0.1, 0.15) is 0 Å². The largest absolute Gasteiger partial charge is 0.269 e. The molecule has 0 saturated heterocycles. The van der Waals surface area contributed by atoms with Gasteiger partial charge in [-0.2, -0.15) is 0 Å². The Bertz CT molecular complexity index is 559. The number of hydrogen-bond acceptors (Lipinski definition) is 4. The predicted molar refractivity (Wildman–Crippen MR) is 77.5 cm³/mol. The summed E-state index contributed by atoms with van der Waals surface area (Å²) in [6.07, 6.45) is 2.49. The third-order valence-corrected chi connectivity index (χ3v) is 3.83. The van der Waals surface area contributed by atoms with Crippen LogP contribution in [0.3, 0.4) is 0 Å². The minimum Gasteiger partial charge on any atom is -0.258 e. The Morgan fingerprint density at radius 1 is 1.26 bits per heavy atom. The number of rotatable bonds is 3. The lowest BCUT2D eigenvalue weighted by Crippen LogP contribution is -1.87. The quantitative estimate of drug-likeness (QED) is 0.607. The zero-order chi connectivity index (χ0) is 13.8. The summed E-state index contributed by atoms with van der Waals surface area (Å²) in [5, 5.41) is 13.8. The van der Waals surface area contributed by atoms with Gasteiger partial charge in [0.15, 0.2) is 0 Å². The second kappa shape index (κ2) is 5.93. The van der Waals surface area contributed by atoms with Gasteiger partial charge in [-0.25, -0.2) is 4.98 Å². The van der Waals surface area contributed by atoms with E-state index in [1.165, 1.54) is 30.0 Å². The van der Waals surface area contributed by atoms with Gasteiger partial charge in [0.05, 0.1) is 15.6 Å². The van der Waals surface area contributed by atoms with Crippen LogP contribution in [-0.4, -0.2) is 9.91 Å². The van der Waals surface area contributed by atoms with Crippen LogP contribution in [-0.2, 0) is 0 Å². The third kappa shape index (κ3) is 3.17. The van der Waals surface area contributed by atoms with E-state index in [0.717, 1.165) is 11.3 Å². The predicted octanol–water partition coefficient (Wildman–Crippen LogP) is 4.62. The highest BCUT2D eigenvalue weighted by Crippen LogP contribution is 2.42. The second-order valence-corrected chi connectivity index (χ2v) is 5.04. The molecule has 0 spiro atoms. The topological polar surface area (TPSA) is 56.0 Å². The highest BCUT2D eigenvalue weighted by molar-refractivity contribution is 7.10. The van der Waals surface area contributed by atoms with Crippen molar-refractivity contribution >= 4 is 17.0 Å². The zero-order valence-corrected chi connectivity index (χ0v) is 11.8. The summed E-state index contributed by atoms with van der Waals surface area (Å²) in [5.41, 5.74) is 1.98. The van der Waals surface area contributed by atoms with Crippen molar-refractivity contribution in [1.29, 1.82) is 0 Å². The molecule has 1 saturated carbocycles. The average molecular weight is 276 g/mol. The lowest BCUT2D eigenvalue weighted by Gasteiger charge is -1.96. The molecule has 1 aliphatic rings. The molecule has 4 nitrogen and oxygen atoms in total. The lowest BCUT2D eigenvalue weighted by atomic mass is 10.1. The molecule has 100 valence electrons. The van der Waals surface area contributed by atoms with Gasteiger partial charge in [-0.1, -0.05) is 13.8 Å². The van der Waals surface area contributed by atoms with Crippen LogP contribution in [0.5, 0.6) is 0 Å². The Labute approximate surface area is 116 Å². The van der Waals surface area contributed by atoms with E-state index in [-0.39, 0.29) is 10.6 Å². The molecule has 0 unspecified atom stereocenters. The van der Waals surface area contributed by atoms with Gasteiger partial charge in [0.2, 0.25) is 0 Å². The summed E-state index contributed by atoms with van der Waals surface area (Å²) >= 11 is 1.68. The molecule has 1 fully saturated rings. The van der Waals surface area contributed by atoms with Crippen molar-refractivity contribution in [2.75, 3.05) is 0 Å². The average Bonchev–Trinajstić information content (AvgIpc) is 3.19. The Balaban J connectivity index is 0.000000637. The molecule has 3 rings (SSSR count). The van der Waals surface area contributed by atoms with Crippen LogP contribution in [0.1, 0.15) is 37.6 Å². The zero-order valence-electron chi connectivity index (χ0n) is 11.0. The van der Waals surface area contributed by atoms with Crippen LogP contribution < -0.4 is 0 Å². The lowest BCUT2D eigenvalue weighted by molar-refractivity contribution is -0.384. The first-order valence-corrected chi connectivity index (χ1v) is 7.32. The normalized spacial score (nSPS) is 13.6.